The van der Waals surface area contributed by atoms with Crippen molar-refractivity contribution in [2.75, 3.05) is 7.11 Å². The van der Waals surface area contributed by atoms with Crippen LogP contribution in [0.25, 0.3) is 0 Å². The van der Waals surface area contributed by atoms with Crippen LogP contribution in [0.4, 0.5) is 0 Å². The van der Waals surface area contributed by atoms with Crippen LogP contribution in [0.15, 0.2) is 18.2 Å². The zero-order valence-electron chi connectivity index (χ0n) is 10.8. The minimum Gasteiger partial charge on any atom is -0.508 e. The van der Waals surface area contributed by atoms with Gasteiger partial charge in [0.05, 0.1) is 13.5 Å². The van der Waals surface area contributed by atoms with Crippen LogP contribution in [0.1, 0.15) is 49.1 Å². The van der Waals surface area contributed by atoms with Gasteiger partial charge < -0.3 is 9.84 Å². The molecule has 0 amide bonds. The zero-order valence-corrected chi connectivity index (χ0v) is 10.8. The summed E-state index contributed by atoms with van der Waals surface area (Å²) in [6, 6.07) is 5.42. The highest BCUT2D eigenvalue weighted by atomic mass is 16.5. The molecule has 0 saturated heterocycles. The highest BCUT2D eigenvalue weighted by molar-refractivity contribution is 5.73. The molecule has 1 saturated carbocycles. The second-order valence-electron chi connectivity index (χ2n) is 4.94. The molecule has 1 aliphatic rings. The Balaban J connectivity index is 2.28. The monoisotopic (exact) mass is 248 g/mol. The number of carbonyl (C=O) groups excluding carboxylic acids is 1. The number of rotatable bonds is 3. The lowest BCUT2D eigenvalue weighted by atomic mass is 9.81. The van der Waals surface area contributed by atoms with Crippen LogP contribution < -0.4 is 0 Å². The maximum Gasteiger partial charge on any atom is 0.309 e. The Kier molecular flexibility index (Phi) is 4.24. The molecule has 0 heterocycles. The van der Waals surface area contributed by atoms with E-state index in [1.165, 1.54) is 26.4 Å². The van der Waals surface area contributed by atoms with Crippen molar-refractivity contribution in [1.82, 2.24) is 0 Å². The van der Waals surface area contributed by atoms with E-state index in [-0.39, 0.29) is 12.4 Å². The van der Waals surface area contributed by atoms with Gasteiger partial charge in [0.25, 0.3) is 0 Å². The molecule has 1 aliphatic carbocycles. The lowest BCUT2D eigenvalue weighted by Gasteiger charge is -2.25. The van der Waals surface area contributed by atoms with Gasteiger partial charge in [0.2, 0.25) is 0 Å². The van der Waals surface area contributed by atoms with Crippen molar-refractivity contribution in [3.63, 3.8) is 0 Å². The average molecular weight is 248 g/mol. The average Bonchev–Trinajstić information content (AvgIpc) is 2.40. The lowest BCUT2D eigenvalue weighted by molar-refractivity contribution is -0.139. The van der Waals surface area contributed by atoms with Crippen molar-refractivity contribution in [1.29, 1.82) is 0 Å². The summed E-state index contributed by atoms with van der Waals surface area (Å²) in [6.07, 6.45) is 6.14. The van der Waals surface area contributed by atoms with Gasteiger partial charge in [0, 0.05) is 5.56 Å². The van der Waals surface area contributed by atoms with Gasteiger partial charge in [-0.25, -0.2) is 0 Å². The van der Waals surface area contributed by atoms with Crippen molar-refractivity contribution in [3.05, 3.63) is 29.3 Å². The predicted octanol–water partition coefficient (Wildman–Crippen LogP) is 3.16. The summed E-state index contributed by atoms with van der Waals surface area (Å²) in [7, 11) is 1.39. The molecule has 2 rings (SSSR count). The molecule has 0 aromatic heterocycles. The Morgan fingerprint density at radius 2 is 2.06 bits per heavy atom. The number of hydrogen-bond acceptors (Lipinski definition) is 3. The summed E-state index contributed by atoms with van der Waals surface area (Å²) in [5, 5.41) is 10.1. The maximum absolute atomic E-state index is 11.4. The van der Waals surface area contributed by atoms with Crippen molar-refractivity contribution >= 4 is 5.97 Å². The van der Waals surface area contributed by atoms with E-state index in [2.05, 4.69) is 0 Å². The minimum absolute atomic E-state index is 0.247. The number of aromatic hydroxyl groups is 1. The molecule has 0 atom stereocenters. The van der Waals surface area contributed by atoms with E-state index >= 15 is 0 Å². The van der Waals surface area contributed by atoms with Gasteiger partial charge in [0.15, 0.2) is 0 Å². The van der Waals surface area contributed by atoms with E-state index in [1.54, 1.807) is 12.1 Å². The van der Waals surface area contributed by atoms with Crippen molar-refractivity contribution < 1.29 is 14.6 Å². The summed E-state index contributed by atoms with van der Waals surface area (Å²) >= 11 is 0. The van der Waals surface area contributed by atoms with Crippen LogP contribution in [0.5, 0.6) is 5.75 Å². The van der Waals surface area contributed by atoms with Gasteiger partial charge >= 0.3 is 5.97 Å². The van der Waals surface area contributed by atoms with Gasteiger partial charge in [-0.15, -0.1) is 0 Å². The number of phenols is 1. The Labute approximate surface area is 108 Å². The SMILES string of the molecule is COC(=O)Cc1cccc(O)c1C1CCCCC1. The number of esters is 1. The van der Waals surface area contributed by atoms with Crippen molar-refractivity contribution in [2.24, 2.45) is 0 Å². The smallest absolute Gasteiger partial charge is 0.309 e. The van der Waals surface area contributed by atoms with E-state index < -0.39 is 0 Å². The van der Waals surface area contributed by atoms with Crippen molar-refractivity contribution in [2.45, 2.75) is 44.4 Å². The summed E-state index contributed by atoms with van der Waals surface area (Å²) < 4.78 is 4.72. The molecule has 0 radical (unpaired) electrons. The first-order valence-electron chi connectivity index (χ1n) is 6.60. The molecule has 0 bridgehead atoms. The Morgan fingerprint density at radius 3 is 2.72 bits per heavy atom. The fraction of sp³-hybridized carbons (Fsp3) is 0.533. The number of phenolic OH excluding ortho intramolecular Hbond substituents is 1. The highest BCUT2D eigenvalue weighted by Crippen LogP contribution is 2.39. The largest absolute Gasteiger partial charge is 0.508 e. The third kappa shape index (κ3) is 2.84. The molecule has 1 aromatic carbocycles. The minimum atomic E-state index is -0.252. The molecule has 0 spiro atoms. The van der Waals surface area contributed by atoms with Crippen LogP contribution in [-0.2, 0) is 16.0 Å². The van der Waals surface area contributed by atoms with E-state index in [0.29, 0.717) is 11.7 Å². The number of carbonyl (C=O) groups is 1. The quantitative estimate of drug-likeness (QED) is 0.836. The third-order valence-corrected chi connectivity index (χ3v) is 3.75. The topological polar surface area (TPSA) is 46.5 Å². The lowest BCUT2D eigenvalue weighted by Crippen LogP contribution is -2.11. The normalized spacial score (nSPS) is 16.5. The first-order chi connectivity index (χ1) is 8.72. The second kappa shape index (κ2) is 5.89. The number of methoxy groups -OCH3 is 1. The number of ether oxygens (including phenoxy) is 1. The molecular formula is C15H20O3. The molecule has 0 aliphatic heterocycles. The van der Waals surface area contributed by atoms with Crippen LogP contribution in [-0.4, -0.2) is 18.2 Å². The van der Waals surface area contributed by atoms with E-state index in [4.69, 9.17) is 4.74 Å². The summed E-state index contributed by atoms with van der Waals surface area (Å²) in [5.74, 6) is 0.459. The predicted molar refractivity (Wildman–Crippen MR) is 69.7 cm³/mol. The molecule has 1 fully saturated rings. The van der Waals surface area contributed by atoms with Crippen LogP contribution in [0.2, 0.25) is 0 Å². The Hall–Kier alpha value is -1.51. The molecule has 0 unspecified atom stereocenters. The second-order valence-corrected chi connectivity index (χ2v) is 4.94. The standard InChI is InChI=1S/C15H20O3/c1-18-14(17)10-12-8-5-9-13(16)15(12)11-6-3-2-4-7-11/h5,8-9,11,16H,2-4,6-7,10H2,1H3. The molecule has 3 nitrogen and oxygen atoms in total. The first-order valence-corrected chi connectivity index (χ1v) is 6.60. The molecule has 18 heavy (non-hydrogen) atoms. The molecular weight excluding hydrogens is 228 g/mol. The van der Waals surface area contributed by atoms with Gasteiger partial charge in [-0.1, -0.05) is 31.4 Å². The molecule has 1 aromatic rings. The molecule has 98 valence electrons. The van der Waals surface area contributed by atoms with E-state index in [9.17, 15) is 9.90 Å². The van der Waals surface area contributed by atoms with Crippen LogP contribution >= 0.6 is 0 Å². The Morgan fingerprint density at radius 1 is 1.33 bits per heavy atom. The number of benzene rings is 1. The van der Waals surface area contributed by atoms with Crippen LogP contribution in [0.3, 0.4) is 0 Å². The maximum atomic E-state index is 11.4. The van der Waals surface area contributed by atoms with Gasteiger partial charge in [-0.05, 0) is 30.4 Å². The zero-order chi connectivity index (χ0) is 13.0. The summed E-state index contributed by atoms with van der Waals surface area (Å²) in [5.41, 5.74) is 1.87. The van der Waals surface area contributed by atoms with Crippen LogP contribution in [0, 0.1) is 0 Å². The molecule has 1 N–H and O–H groups in total. The Bertz CT molecular complexity index is 420. The highest BCUT2D eigenvalue weighted by Gasteiger charge is 2.22. The van der Waals surface area contributed by atoms with Gasteiger partial charge in [-0.3, -0.25) is 4.79 Å². The molecule has 3 heteroatoms. The number of hydrogen-bond donors (Lipinski definition) is 1. The fourth-order valence-electron chi connectivity index (χ4n) is 2.84. The van der Waals surface area contributed by atoms with Gasteiger partial charge in [-0.2, -0.15) is 0 Å². The van der Waals surface area contributed by atoms with Gasteiger partial charge in [0.1, 0.15) is 5.75 Å². The summed E-state index contributed by atoms with van der Waals surface area (Å²) in [6.45, 7) is 0. The third-order valence-electron chi connectivity index (χ3n) is 3.75. The van der Waals surface area contributed by atoms with Crippen molar-refractivity contribution in [3.8, 4) is 5.75 Å². The first kappa shape index (κ1) is 12.9. The van der Waals surface area contributed by atoms with E-state index in [1.807, 2.05) is 6.07 Å². The summed E-state index contributed by atoms with van der Waals surface area (Å²) in [4.78, 5) is 11.4. The van der Waals surface area contributed by atoms with E-state index in [0.717, 1.165) is 24.0 Å². The fourth-order valence-corrected chi connectivity index (χ4v) is 2.84.